The number of fused-ring (bicyclic) bond motifs is 1. The molecule has 0 unspecified atom stereocenters. The van der Waals surface area contributed by atoms with E-state index < -0.39 is 0 Å². The Hall–Kier alpha value is -1.27. The Morgan fingerprint density at radius 3 is 2.75 bits per heavy atom. The highest BCUT2D eigenvalue weighted by molar-refractivity contribution is 9.10. The van der Waals surface area contributed by atoms with Crippen LogP contribution in [0.2, 0.25) is 0 Å². The summed E-state index contributed by atoms with van der Waals surface area (Å²) in [6, 6.07) is 2.06. The second-order valence-electron chi connectivity index (χ2n) is 5.83. The van der Waals surface area contributed by atoms with Gasteiger partial charge in [0.2, 0.25) is 0 Å². The summed E-state index contributed by atoms with van der Waals surface area (Å²) in [5.74, 6) is 1.02. The molecule has 0 atom stereocenters. The lowest BCUT2D eigenvalue weighted by atomic mass is 9.72. The molecule has 1 N–H and O–H groups in total. The topological polar surface area (TPSA) is 53.9 Å². The van der Waals surface area contributed by atoms with E-state index in [2.05, 4.69) is 47.2 Å². The zero-order chi connectivity index (χ0) is 13.6. The van der Waals surface area contributed by atoms with E-state index in [0.717, 1.165) is 47.5 Å². The maximum atomic E-state index is 4.49. The van der Waals surface area contributed by atoms with Gasteiger partial charge in [0.15, 0.2) is 5.65 Å². The van der Waals surface area contributed by atoms with E-state index in [1.54, 1.807) is 12.5 Å². The highest BCUT2D eigenvalue weighted by Gasteiger charge is 2.44. The minimum atomic E-state index is 0.502. The highest BCUT2D eigenvalue weighted by atomic mass is 79.9. The van der Waals surface area contributed by atoms with Crippen molar-refractivity contribution in [2.45, 2.75) is 12.8 Å². The summed E-state index contributed by atoms with van der Waals surface area (Å²) in [5.41, 5.74) is 1.27. The molecular weight excluding hydrogens is 318 g/mol. The summed E-state index contributed by atoms with van der Waals surface area (Å²) in [5, 5.41) is 4.47. The van der Waals surface area contributed by atoms with Gasteiger partial charge in [0.25, 0.3) is 0 Å². The Morgan fingerprint density at radius 2 is 1.95 bits per heavy atom. The third kappa shape index (κ3) is 1.98. The zero-order valence-electron chi connectivity index (χ0n) is 11.1. The van der Waals surface area contributed by atoms with Crippen LogP contribution in [0.3, 0.4) is 0 Å². The van der Waals surface area contributed by atoms with Crippen molar-refractivity contribution in [3.63, 3.8) is 0 Å². The molecule has 0 bridgehead atoms. The predicted molar refractivity (Wildman–Crippen MR) is 81.8 cm³/mol. The van der Waals surface area contributed by atoms with Crippen LogP contribution in [0.5, 0.6) is 0 Å². The highest BCUT2D eigenvalue weighted by Crippen LogP contribution is 2.42. The molecular formula is C14H16BrN5. The molecule has 2 fully saturated rings. The third-order valence-electron chi connectivity index (χ3n) is 4.45. The molecule has 2 aliphatic heterocycles. The van der Waals surface area contributed by atoms with Crippen LogP contribution in [0.4, 0.5) is 5.82 Å². The van der Waals surface area contributed by atoms with Gasteiger partial charge in [-0.05, 0) is 47.9 Å². The first-order chi connectivity index (χ1) is 9.76. The summed E-state index contributed by atoms with van der Waals surface area (Å²) < 4.78 is 0.971. The maximum Gasteiger partial charge on any atom is 0.164 e. The first kappa shape index (κ1) is 12.5. The lowest BCUT2D eigenvalue weighted by molar-refractivity contribution is 0.149. The van der Waals surface area contributed by atoms with Gasteiger partial charge in [-0.25, -0.2) is 15.0 Å². The van der Waals surface area contributed by atoms with E-state index in [1.807, 2.05) is 0 Å². The predicted octanol–water partition coefficient (Wildman–Crippen LogP) is 1.98. The van der Waals surface area contributed by atoms with Crippen molar-refractivity contribution >= 4 is 32.8 Å². The number of hydrogen-bond acceptors (Lipinski definition) is 5. The van der Waals surface area contributed by atoms with Crippen LogP contribution in [0, 0.1) is 5.41 Å². The Kier molecular flexibility index (Phi) is 2.89. The molecule has 2 aromatic heterocycles. The molecule has 0 aromatic carbocycles. The fourth-order valence-corrected chi connectivity index (χ4v) is 3.68. The van der Waals surface area contributed by atoms with Gasteiger partial charge in [-0.1, -0.05) is 0 Å². The largest absolute Gasteiger partial charge is 0.355 e. The van der Waals surface area contributed by atoms with Gasteiger partial charge >= 0.3 is 0 Å². The van der Waals surface area contributed by atoms with Gasteiger partial charge in [-0.15, -0.1) is 0 Å². The number of halogens is 1. The van der Waals surface area contributed by atoms with Crippen LogP contribution in [-0.2, 0) is 0 Å². The molecule has 0 amide bonds. The quantitative estimate of drug-likeness (QED) is 0.864. The van der Waals surface area contributed by atoms with Gasteiger partial charge in [-0.3, -0.25) is 0 Å². The number of hydrogen-bond donors (Lipinski definition) is 1. The van der Waals surface area contributed by atoms with E-state index in [-0.39, 0.29) is 0 Å². The lowest BCUT2D eigenvalue weighted by Crippen LogP contribution is -2.60. The molecule has 2 aromatic rings. The van der Waals surface area contributed by atoms with Crippen molar-refractivity contribution in [1.29, 1.82) is 0 Å². The zero-order valence-corrected chi connectivity index (χ0v) is 12.7. The van der Waals surface area contributed by atoms with Gasteiger partial charge in [-0.2, -0.15) is 0 Å². The van der Waals surface area contributed by atoms with Crippen molar-refractivity contribution in [1.82, 2.24) is 20.3 Å². The molecule has 5 nitrogen and oxygen atoms in total. The molecule has 20 heavy (non-hydrogen) atoms. The summed E-state index contributed by atoms with van der Waals surface area (Å²) >= 11 is 3.48. The molecule has 0 aliphatic carbocycles. The molecule has 0 saturated carbocycles. The standard InChI is InChI=1S/C14H16BrN5/c15-10-5-11-12(17-6-10)18-9-19-13(11)20-7-14(8-20)1-3-16-4-2-14/h5-6,9,16H,1-4,7-8H2. The molecule has 4 rings (SSSR count). The monoisotopic (exact) mass is 333 g/mol. The molecule has 104 valence electrons. The van der Waals surface area contributed by atoms with Gasteiger partial charge < -0.3 is 10.2 Å². The number of nitrogens with zero attached hydrogens (tertiary/aromatic N) is 4. The Labute approximate surface area is 125 Å². The number of pyridine rings is 1. The first-order valence-electron chi connectivity index (χ1n) is 6.98. The summed E-state index contributed by atoms with van der Waals surface area (Å²) in [7, 11) is 0. The Bertz CT molecular complexity index is 645. The van der Waals surface area contributed by atoms with Crippen LogP contribution in [-0.4, -0.2) is 41.1 Å². The molecule has 1 spiro atoms. The van der Waals surface area contributed by atoms with Gasteiger partial charge in [0.05, 0.1) is 5.39 Å². The van der Waals surface area contributed by atoms with E-state index >= 15 is 0 Å². The van der Waals surface area contributed by atoms with Crippen molar-refractivity contribution in [2.75, 3.05) is 31.1 Å². The molecule has 0 radical (unpaired) electrons. The summed E-state index contributed by atoms with van der Waals surface area (Å²) in [4.78, 5) is 15.5. The maximum absolute atomic E-state index is 4.49. The van der Waals surface area contributed by atoms with Crippen LogP contribution >= 0.6 is 15.9 Å². The Morgan fingerprint density at radius 1 is 1.15 bits per heavy atom. The average molecular weight is 334 g/mol. The van der Waals surface area contributed by atoms with E-state index in [4.69, 9.17) is 0 Å². The van der Waals surface area contributed by atoms with E-state index in [0.29, 0.717) is 5.41 Å². The van der Waals surface area contributed by atoms with Crippen LogP contribution in [0.25, 0.3) is 11.0 Å². The second kappa shape index (κ2) is 4.63. The number of nitrogens with one attached hydrogen (secondary N) is 1. The molecule has 4 heterocycles. The van der Waals surface area contributed by atoms with Crippen molar-refractivity contribution < 1.29 is 0 Å². The van der Waals surface area contributed by atoms with E-state index in [9.17, 15) is 0 Å². The third-order valence-corrected chi connectivity index (χ3v) is 4.88. The smallest absolute Gasteiger partial charge is 0.164 e. The number of aromatic nitrogens is 3. The minimum absolute atomic E-state index is 0.502. The van der Waals surface area contributed by atoms with Crippen molar-refractivity contribution in [3.05, 3.63) is 23.1 Å². The summed E-state index contributed by atoms with van der Waals surface area (Å²) in [6.45, 7) is 4.50. The second-order valence-corrected chi connectivity index (χ2v) is 6.74. The number of rotatable bonds is 1. The van der Waals surface area contributed by atoms with Crippen LogP contribution < -0.4 is 10.2 Å². The fourth-order valence-electron chi connectivity index (χ4n) is 3.35. The molecule has 2 saturated heterocycles. The van der Waals surface area contributed by atoms with Crippen LogP contribution in [0.1, 0.15) is 12.8 Å². The Balaban J connectivity index is 1.65. The minimum Gasteiger partial charge on any atom is -0.355 e. The van der Waals surface area contributed by atoms with Gasteiger partial charge in [0, 0.05) is 29.2 Å². The van der Waals surface area contributed by atoms with Crippen LogP contribution in [0.15, 0.2) is 23.1 Å². The van der Waals surface area contributed by atoms with E-state index in [1.165, 1.54) is 12.8 Å². The van der Waals surface area contributed by atoms with Gasteiger partial charge in [0.1, 0.15) is 12.1 Å². The molecule has 2 aliphatic rings. The number of anilines is 1. The first-order valence-corrected chi connectivity index (χ1v) is 7.77. The lowest BCUT2D eigenvalue weighted by Gasteiger charge is -2.53. The number of piperidine rings is 1. The fraction of sp³-hybridized carbons (Fsp3) is 0.500. The molecule has 6 heteroatoms. The van der Waals surface area contributed by atoms with Crippen molar-refractivity contribution in [3.8, 4) is 0 Å². The van der Waals surface area contributed by atoms with Crippen molar-refractivity contribution in [2.24, 2.45) is 5.41 Å². The average Bonchev–Trinajstić information content (AvgIpc) is 2.45. The SMILES string of the molecule is Brc1cnc2ncnc(N3CC4(CCNCC4)C3)c2c1. The normalized spacial score (nSPS) is 21.1. The summed E-state index contributed by atoms with van der Waals surface area (Å²) in [6.07, 6.45) is 5.94.